The topological polar surface area (TPSA) is 80.0 Å². The van der Waals surface area contributed by atoms with Gasteiger partial charge in [0.25, 0.3) is 0 Å². The lowest BCUT2D eigenvalue weighted by Crippen LogP contribution is -2.21. The van der Waals surface area contributed by atoms with E-state index in [2.05, 4.69) is 22.5 Å². The Bertz CT molecular complexity index is 539. The summed E-state index contributed by atoms with van der Waals surface area (Å²) < 4.78 is 0. The number of anilines is 1. The summed E-state index contributed by atoms with van der Waals surface area (Å²) >= 11 is 1.67. The molecule has 20 heavy (non-hydrogen) atoms. The molecule has 6 heteroatoms. The highest BCUT2D eigenvalue weighted by atomic mass is 32.1. The van der Waals surface area contributed by atoms with Crippen LogP contribution in [0.3, 0.4) is 0 Å². The number of hydrogen-bond donors (Lipinski definition) is 3. The summed E-state index contributed by atoms with van der Waals surface area (Å²) in [6.07, 6.45) is 2.76. The fraction of sp³-hybridized carbons (Fsp3) is 0.286. The molecule has 106 valence electrons. The smallest absolute Gasteiger partial charge is 0.316 e. The fourth-order valence-corrected chi connectivity index (χ4v) is 2.51. The Morgan fingerprint density at radius 1 is 1.40 bits per heavy atom. The predicted octanol–water partition coefficient (Wildman–Crippen LogP) is 2.53. The molecule has 0 bridgehead atoms. The Labute approximate surface area is 122 Å². The van der Waals surface area contributed by atoms with E-state index in [1.807, 2.05) is 35.8 Å². The first kappa shape index (κ1) is 14.5. The number of urea groups is 1. The molecule has 0 saturated heterocycles. The van der Waals surface area contributed by atoms with Gasteiger partial charge in [-0.15, -0.1) is 11.3 Å². The molecule has 1 heterocycles. The second kappa shape index (κ2) is 7.02. The molecular formula is C14H18N4OS. The number of carbonyl (C=O) groups excluding carboxylic acids is 1. The maximum Gasteiger partial charge on any atom is 0.316 e. The van der Waals surface area contributed by atoms with Gasteiger partial charge in [0.15, 0.2) is 0 Å². The molecular weight excluding hydrogens is 272 g/mol. The van der Waals surface area contributed by atoms with Crippen molar-refractivity contribution in [2.45, 2.75) is 19.4 Å². The molecule has 2 amide bonds. The van der Waals surface area contributed by atoms with Crippen molar-refractivity contribution in [1.29, 1.82) is 0 Å². The van der Waals surface area contributed by atoms with Crippen molar-refractivity contribution in [3.8, 4) is 0 Å². The molecule has 1 unspecified atom stereocenters. The van der Waals surface area contributed by atoms with Gasteiger partial charge in [-0.2, -0.15) is 0 Å². The van der Waals surface area contributed by atoms with Gasteiger partial charge in [0.2, 0.25) is 0 Å². The highest BCUT2D eigenvalue weighted by Gasteiger charge is 2.05. The van der Waals surface area contributed by atoms with Gasteiger partial charge in [0, 0.05) is 36.3 Å². The Kier molecular flexibility index (Phi) is 5.09. The minimum Gasteiger partial charge on any atom is -0.351 e. The third-order valence-corrected chi connectivity index (χ3v) is 3.79. The zero-order valence-electron chi connectivity index (χ0n) is 11.3. The van der Waals surface area contributed by atoms with Crippen molar-refractivity contribution in [3.63, 3.8) is 0 Å². The summed E-state index contributed by atoms with van der Waals surface area (Å²) in [5.74, 6) is 0. The largest absolute Gasteiger partial charge is 0.351 e. The number of primary amides is 1. The molecule has 0 saturated carbocycles. The summed E-state index contributed by atoms with van der Waals surface area (Å²) in [7, 11) is 0. The van der Waals surface area contributed by atoms with Crippen LogP contribution < -0.4 is 16.4 Å². The lowest BCUT2D eigenvalue weighted by molar-refractivity contribution is 0.259. The number of thiazole rings is 1. The molecule has 1 aromatic carbocycles. The molecule has 0 radical (unpaired) electrons. The summed E-state index contributed by atoms with van der Waals surface area (Å²) in [6, 6.07) is 7.35. The lowest BCUT2D eigenvalue weighted by atomic mass is 10.1. The first-order valence-electron chi connectivity index (χ1n) is 6.43. The van der Waals surface area contributed by atoms with E-state index in [9.17, 15) is 4.79 Å². The molecule has 0 fully saturated rings. The average Bonchev–Trinajstić information content (AvgIpc) is 2.92. The summed E-state index contributed by atoms with van der Waals surface area (Å²) in [5, 5.41) is 9.13. The van der Waals surface area contributed by atoms with Crippen LogP contribution in [0.15, 0.2) is 35.8 Å². The van der Waals surface area contributed by atoms with Crippen molar-refractivity contribution in [1.82, 2.24) is 10.3 Å². The van der Waals surface area contributed by atoms with Crippen LogP contribution in [-0.4, -0.2) is 17.6 Å². The van der Waals surface area contributed by atoms with Crippen LogP contribution in [-0.2, 0) is 6.42 Å². The summed E-state index contributed by atoms with van der Waals surface area (Å²) in [4.78, 5) is 15.0. The normalized spacial score (nSPS) is 12.1. The number of nitrogens with one attached hydrogen (secondary N) is 2. The van der Waals surface area contributed by atoms with Crippen LogP contribution in [0, 0.1) is 0 Å². The highest BCUT2D eigenvalue weighted by molar-refractivity contribution is 7.09. The molecule has 4 N–H and O–H groups in total. The Morgan fingerprint density at radius 3 is 2.75 bits per heavy atom. The Hall–Kier alpha value is -1.92. The second-order valence-corrected chi connectivity index (χ2v) is 5.44. The number of rotatable bonds is 6. The predicted molar refractivity (Wildman–Crippen MR) is 81.9 cm³/mol. The van der Waals surface area contributed by atoms with E-state index in [-0.39, 0.29) is 6.04 Å². The lowest BCUT2D eigenvalue weighted by Gasteiger charge is -2.14. The fourth-order valence-electron chi connectivity index (χ4n) is 1.89. The van der Waals surface area contributed by atoms with Gasteiger partial charge in [-0.25, -0.2) is 9.78 Å². The summed E-state index contributed by atoms with van der Waals surface area (Å²) in [6.45, 7) is 2.99. The standard InChI is InChI=1S/C14H18N4OS/c1-10(16-7-6-13-17-8-9-20-13)11-2-4-12(5-3-11)18-14(15)19/h2-5,8-10,16H,6-7H2,1H3,(H3,15,18,19). The SMILES string of the molecule is CC(NCCc1nccs1)c1ccc(NC(N)=O)cc1. The van der Waals surface area contributed by atoms with Crippen molar-refractivity contribution in [2.75, 3.05) is 11.9 Å². The first-order valence-corrected chi connectivity index (χ1v) is 7.31. The number of amides is 2. The third-order valence-electron chi connectivity index (χ3n) is 2.95. The maximum atomic E-state index is 10.7. The average molecular weight is 290 g/mol. The summed E-state index contributed by atoms with van der Waals surface area (Å²) in [5.41, 5.74) is 6.94. The Morgan fingerprint density at radius 2 is 2.15 bits per heavy atom. The molecule has 1 atom stereocenters. The number of hydrogen-bond acceptors (Lipinski definition) is 4. The molecule has 2 aromatic rings. The molecule has 2 rings (SSSR count). The van der Waals surface area contributed by atoms with E-state index in [1.54, 1.807) is 11.3 Å². The van der Waals surface area contributed by atoms with E-state index in [0.29, 0.717) is 5.69 Å². The van der Waals surface area contributed by atoms with Gasteiger partial charge in [-0.1, -0.05) is 12.1 Å². The Balaban J connectivity index is 1.82. The molecule has 5 nitrogen and oxygen atoms in total. The van der Waals surface area contributed by atoms with Crippen LogP contribution in [0.5, 0.6) is 0 Å². The first-order chi connectivity index (χ1) is 9.65. The zero-order chi connectivity index (χ0) is 14.4. The second-order valence-electron chi connectivity index (χ2n) is 4.46. The quantitative estimate of drug-likeness (QED) is 0.764. The van der Waals surface area contributed by atoms with Gasteiger partial charge in [-0.3, -0.25) is 0 Å². The van der Waals surface area contributed by atoms with Crippen molar-refractivity contribution in [2.24, 2.45) is 5.73 Å². The van der Waals surface area contributed by atoms with Gasteiger partial charge < -0.3 is 16.4 Å². The monoisotopic (exact) mass is 290 g/mol. The van der Waals surface area contributed by atoms with Gasteiger partial charge in [-0.05, 0) is 24.6 Å². The zero-order valence-corrected chi connectivity index (χ0v) is 12.1. The van der Waals surface area contributed by atoms with E-state index in [1.165, 1.54) is 5.56 Å². The number of benzene rings is 1. The van der Waals surface area contributed by atoms with E-state index >= 15 is 0 Å². The van der Waals surface area contributed by atoms with Crippen molar-refractivity contribution >= 4 is 23.1 Å². The number of aromatic nitrogens is 1. The van der Waals surface area contributed by atoms with Gasteiger partial charge >= 0.3 is 6.03 Å². The van der Waals surface area contributed by atoms with Crippen LogP contribution in [0.25, 0.3) is 0 Å². The molecule has 0 spiro atoms. The number of nitrogens with zero attached hydrogens (tertiary/aromatic N) is 1. The molecule has 0 aliphatic rings. The van der Waals surface area contributed by atoms with Gasteiger partial charge in [0.05, 0.1) is 5.01 Å². The minimum absolute atomic E-state index is 0.248. The number of carbonyl (C=O) groups is 1. The number of nitrogens with two attached hydrogens (primary N) is 1. The third kappa shape index (κ3) is 4.32. The molecule has 0 aliphatic carbocycles. The van der Waals surface area contributed by atoms with Crippen LogP contribution in [0.4, 0.5) is 10.5 Å². The molecule has 0 aliphatic heterocycles. The van der Waals surface area contributed by atoms with Crippen molar-refractivity contribution < 1.29 is 4.79 Å². The highest BCUT2D eigenvalue weighted by Crippen LogP contribution is 2.16. The maximum absolute atomic E-state index is 10.7. The van der Waals surface area contributed by atoms with Crippen LogP contribution in [0.1, 0.15) is 23.5 Å². The molecule has 1 aromatic heterocycles. The minimum atomic E-state index is -0.549. The van der Waals surface area contributed by atoms with E-state index in [4.69, 9.17) is 5.73 Å². The van der Waals surface area contributed by atoms with Gasteiger partial charge in [0.1, 0.15) is 0 Å². The van der Waals surface area contributed by atoms with Crippen molar-refractivity contribution in [3.05, 3.63) is 46.4 Å². The van der Waals surface area contributed by atoms with Crippen LogP contribution in [0.2, 0.25) is 0 Å². The van der Waals surface area contributed by atoms with E-state index in [0.717, 1.165) is 18.0 Å². The van der Waals surface area contributed by atoms with Crippen LogP contribution >= 0.6 is 11.3 Å². The van der Waals surface area contributed by atoms with E-state index < -0.39 is 6.03 Å².